The average Bonchev–Trinajstić information content (AvgIpc) is 3.25. The molecule has 0 amide bonds. The highest BCUT2D eigenvalue weighted by molar-refractivity contribution is 5.54. The normalized spacial score (nSPS) is 21.8. The van der Waals surface area contributed by atoms with Gasteiger partial charge >= 0.3 is 0 Å². The minimum atomic E-state index is 0.384. The number of rotatable bonds is 4. The van der Waals surface area contributed by atoms with Crippen molar-refractivity contribution in [3.8, 4) is 0 Å². The minimum absolute atomic E-state index is 0.384. The van der Waals surface area contributed by atoms with E-state index >= 15 is 0 Å². The lowest BCUT2D eigenvalue weighted by Gasteiger charge is -2.30. The SMILES string of the molecule is Cc1noc(C2CCN(Cc3ccc(N4CCCCC4)c(C)c3)C2)n1. The first kappa shape index (κ1) is 16.6. The van der Waals surface area contributed by atoms with Crippen LogP contribution in [0.1, 0.15) is 54.4 Å². The summed E-state index contributed by atoms with van der Waals surface area (Å²) in [6.45, 7) is 9.65. The van der Waals surface area contributed by atoms with E-state index in [0.29, 0.717) is 5.92 Å². The van der Waals surface area contributed by atoms with E-state index in [9.17, 15) is 0 Å². The van der Waals surface area contributed by atoms with Crippen molar-refractivity contribution in [1.29, 1.82) is 0 Å². The maximum Gasteiger partial charge on any atom is 0.231 e. The van der Waals surface area contributed by atoms with Gasteiger partial charge in [-0.2, -0.15) is 4.98 Å². The van der Waals surface area contributed by atoms with Crippen molar-refractivity contribution < 1.29 is 4.52 Å². The Labute approximate surface area is 150 Å². The van der Waals surface area contributed by atoms with Gasteiger partial charge < -0.3 is 9.42 Å². The van der Waals surface area contributed by atoms with Crippen molar-refractivity contribution in [3.63, 3.8) is 0 Å². The molecule has 0 aliphatic carbocycles. The fraction of sp³-hybridized carbons (Fsp3) is 0.600. The maximum atomic E-state index is 5.36. The van der Waals surface area contributed by atoms with Gasteiger partial charge in [0.25, 0.3) is 0 Å². The van der Waals surface area contributed by atoms with Crippen LogP contribution in [0.4, 0.5) is 5.69 Å². The van der Waals surface area contributed by atoms with E-state index in [1.807, 2.05) is 6.92 Å². The van der Waals surface area contributed by atoms with E-state index in [2.05, 4.69) is 45.1 Å². The molecular formula is C20H28N4O. The number of aromatic nitrogens is 2. The molecule has 0 bridgehead atoms. The molecule has 2 aliphatic rings. The first-order valence-electron chi connectivity index (χ1n) is 9.56. The molecule has 0 spiro atoms. The van der Waals surface area contributed by atoms with E-state index < -0.39 is 0 Å². The van der Waals surface area contributed by atoms with Crippen molar-refractivity contribution in [1.82, 2.24) is 15.0 Å². The van der Waals surface area contributed by atoms with Crippen LogP contribution in [-0.4, -0.2) is 41.2 Å². The van der Waals surface area contributed by atoms with Crippen LogP contribution in [0.25, 0.3) is 0 Å². The van der Waals surface area contributed by atoms with Crippen LogP contribution in [0.3, 0.4) is 0 Å². The predicted octanol–water partition coefficient (Wildman–Crippen LogP) is 3.67. The molecule has 1 unspecified atom stereocenters. The van der Waals surface area contributed by atoms with Gasteiger partial charge in [-0.25, -0.2) is 0 Å². The topological polar surface area (TPSA) is 45.4 Å². The summed E-state index contributed by atoms with van der Waals surface area (Å²) < 4.78 is 5.36. The molecule has 1 aromatic heterocycles. The van der Waals surface area contributed by atoms with Gasteiger partial charge in [-0.15, -0.1) is 0 Å². The lowest BCUT2D eigenvalue weighted by atomic mass is 10.1. The second-order valence-corrected chi connectivity index (χ2v) is 7.57. The van der Waals surface area contributed by atoms with E-state index in [1.54, 1.807) is 0 Å². The quantitative estimate of drug-likeness (QED) is 0.850. The van der Waals surface area contributed by atoms with Crippen LogP contribution < -0.4 is 4.90 Å². The molecule has 25 heavy (non-hydrogen) atoms. The molecule has 2 saturated heterocycles. The Bertz CT molecular complexity index is 720. The van der Waals surface area contributed by atoms with Crippen molar-refractivity contribution in [3.05, 3.63) is 41.0 Å². The molecule has 5 heteroatoms. The summed E-state index contributed by atoms with van der Waals surface area (Å²) in [5, 5.41) is 3.93. The summed E-state index contributed by atoms with van der Waals surface area (Å²) in [6, 6.07) is 7.00. The Morgan fingerprint density at radius 3 is 2.68 bits per heavy atom. The number of nitrogens with zero attached hydrogens (tertiary/aromatic N) is 4. The number of likely N-dealkylation sites (tertiary alicyclic amines) is 1. The molecule has 0 N–H and O–H groups in total. The zero-order chi connectivity index (χ0) is 17.2. The lowest BCUT2D eigenvalue weighted by Crippen LogP contribution is -2.30. The summed E-state index contributed by atoms with van der Waals surface area (Å²) in [7, 11) is 0. The number of hydrogen-bond donors (Lipinski definition) is 0. The smallest absolute Gasteiger partial charge is 0.231 e. The summed E-state index contributed by atoms with van der Waals surface area (Å²) in [5.41, 5.74) is 4.23. The van der Waals surface area contributed by atoms with Gasteiger partial charge in [0.1, 0.15) is 0 Å². The molecule has 4 rings (SSSR count). The maximum absolute atomic E-state index is 5.36. The molecule has 1 aromatic carbocycles. The highest BCUT2D eigenvalue weighted by atomic mass is 16.5. The van der Waals surface area contributed by atoms with Gasteiger partial charge in [0, 0.05) is 31.9 Å². The minimum Gasteiger partial charge on any atom is -0.371 e. The molecule has 2 fully saturated rings. The van der Waals surface area contributed by atoms with Gasteiger partial charge in [0.05, 0.1) is 5.92 Å². The molecule has 1 atom stereocenters. The Morgan fingerprint density at radius 2 is 1.96 bits per heavy atom. The summed E-state index contributed by atoms with van der Waals surface area (Å²) >= 11 is 0. The number of aryl methyl sites for hydroxylation is 2. The van der Waals surface area contributed by atoms with Crippen LogP contribution >= 0.6 is 0 Å². The second-order valence-electron chi connectivity index (χ2n) is 7.57. The number of anilines is 1. The fourth-order valence-corrected chi connectivity index (χ4v) is 4.22. The fourth-order valence-electron chi connectivity index (χ4n) is 4.22. The van der Waals surface area contributed by atoms with Crippen molar-refractivity contribution in [2.45, 2.75) is 52.0 Å². The monoisotopic (exact) mass is 340 g/mol. The van der Waals surface area contributed by atoms with Gasteiger partial charge in [0.15, 0.2) is 5.82 Å². The van der Waals surface area contributed by atoms with Crippen LogP contribution in [0.15, 0.2) is 22.7 Å². The van der Waals surface area contributed by atoms with Crippen molar-refractivity contribution in [2.24, 2.45) is 0 Å². The first-order chi connectivity index (χ1) is 12.2. The Kier molecular flexibility index (Phi) is 4.75. The molecular weight excluding hydrogens is 312 g/mol. The molecule has 134 valence electrons. The average molecular weight is 340 g/mol. The molecule has 0 saturated carbocycles. The molecule has 2 aliphatic heterocycles. The lowest BCUT2D eigenvalue weighted by molar-refractivity contribution is 0.308. The molecule has 5 nitrogen and oxygen atoms in total. The highest BCUT2D eigenvalue weighted by Gasteiger charge is 2.28. The van der Waals surface area contributed by atoms with Gasteiger partial charge in [-0.3, -0.25) is 4.90 Å². The molecule has 2 aromatic rings. The largest absolute Gasteiger partial charge is 0.371 e. The molecule has 3 heterocycles. The van der Waals surface area contributed by atoms with Gasteiger partial charge in [-0.1, -0.05) is 17.3 Å². The third kappa shape index (κ3) is 3.71. The van der Waals surface area contributed by atoms with E-state index in [0.717, 1.165) is 37.8 Å². The third-order valence-electron chi connectivity index (χ3n) is 5.53. The third-order valence-corrected chi connectivity index (χ3v) is 5.53. The number of hydrogen-bond acceptors (Lipinski definition) is 5. The Morgan fingerprint density at radius 1 is 1.12 bits per heavy atom. The van der Waals surface area contributed by atoms with Crippen LogP contribution in [-0.2, 0) is 6.54 Å². The Balaban J connectivity index is 1.39. The van der Waals surface area contributed by atoms with Crippen LogP contribution in [0, 0.1) is 13.8 Å². The standard InChI is InChI=1S/C20H28N4O/c1-15-12-17(6-7-19(15)24-9-4-3-5-10-24)13-23-11-8-18(14-23)20-21-16(2)22-25-20/h6-7,12,18H,3-5,8-11,13-14H2,1-2H3. The van der Waals surface area contributed by atoms with Crippen LogP contribution in [0.2, 0.25) is 0 Å². The Hall–Kier alpha value is -1.88. The van der Waals surface area contributed by atoms with Gasteiger partial charge in [-0.05, 0) is 63.3 Å². The zero-order valence-corrected chi connectivity index (χ0v) is 15.4. The van der Waals surface area contributed by atoms with E-state index in [4.69, 9.17) is 4.52 Å². The number of piperidine rings is 1. The summed E-state index contributed by atoms with van der Waals surface area (Å²) in [4.78, 5) is 9.45. The number of benzene rings is 1. The second kappa shape index (κ2) is 7.16. The van der Waals surface area contributed by atoms with Gasteiger partial charge in [0.2, 0.25) is 5.89 Å². The first-order valence-corrected chi connectivity index (χ1v) is 9.56. The van der Waals surface area contributed by atoms with E-state index in [1.165, 1.54) is 49.2 Å². The van der Waals surface area contributed by atoms with Crippen LogP contribution in [0.5, 0.6) is 0 Å². The highest BCUT2D eigenvalue weighted by Crippen LogP contribution is 2.29. The van der Waals surface area contributed by atoms with E-state index in [-0.39, 0.29) is 0 Å². The van der Waals surface area contributed by atoms with Crippen molar-refractivity contribution in [2.75, 3.05) is 31.1 Å². The van der Waals surface area contributed by atoms with Crippen molar-refractivity contribution >= 4 is 5.69 Å². The zero-order valence-electron chi connectivity index (χ0n) is 15.4. The predicted molar refractivity (Wildman–Crippen MR) is 98.9 cm³/mol. The molecule has 0 radical (unpaired) electrons. The summed E-state index contributed by atoms with van der Waals surface area (Å²) in [5.74, 6) is 1.92. The summed E-state index contributed by atoms with van der Waals surface area (Å²) in [6.07, 6.45) is 5.13.